The van der Waals surface area contributed by atoms with Gasteiger partial charge in [0.1, 0.15) is 0 Å². The molecule has 1 aromatic carbocycles. The van der Waals surface area contributed by atoms with Crippen LogP contribution in [0.15, 0.2) is 34.9 Å². The molecule has 2 aromatic rings. The molecule has 2 aliphatic heterocycles. The zero-order valence-electron chi connectivity index (χ0n) is 13.7. The first-order valence-corrected chi connectivity index (χ1v) is 9.29. The number of carbonyl (C=O) groups is 1. The van der Waals surface area contributed by atoms with E-state index >= 15 is 0 Å². The summed E-state index contributed by atoms with van der Waals surface area (Å²) >= 11 is 3.45. The maximum atomic E-state index is 13.0. The molecule has 2 fully saturated rings. The molecule has 1 aromatic heterocycles. The van der Waals surface area contributed by atoms with Crippen molar-refractivity contribution in [1.82, 2.24) is 20.0 Å². The number of rotatable bonds is 3. The van der Waals surface area contributed by atoms with Crippen LogP contribution in [0.25, 0.3) is 5.69 Å². The summed E-state index contributed by atoms with van der Waals surface area (Å²) in [5.74, 6) is 1.35. The van der Waals surface area contributed by atoms with Gasteiger partial charge in [0.15, 0.2) is 0 Å². The fourth-order valence-corrected chi connectivity index (χ4v) is 4.15. The Hall–Kier alpha value is -1.66. The number of nitrogens with one attached hydrogen (secondary N) is 1. The molecule has 3 heterocycles. The number of aromatic nitrogens is 2. The van der Waals surface area contributed by atoms with Gasteiger partial charge < -0.3 is 10.2 Å². The minimum absolute atomic E-state index is 0.129. The van der Waals surface area contributed by atoms with Crippen LogP contribution in [-0.2, 0) is 6.42 Å². The molecule has 4 rings (SSSR count). The number of fused-ring (bicyclic) bond motifs is 1. The van der Waals surface area contributed by atoms with Crippen molar-refractivity contribution in [3.8, 4) is 5.69 Å². The first-order chi connectivity index (χ1) is 11.7. The molecule has 0 aliphatic carbocycles. The van der Waals surface area contributed by atoms with Crippen LogP contribution in [0.4, 0.5) is 0 Å². The van der Waals surface area contributed by atoms with Gasteiger partial charge in [-0.05, 0) is 42.5 Å². The molecule has 1 amide bonds. The van der Waals surface area contributed by atoms with Crippen LogP contribution < -0.4 is 5.32 Å². The highest BCUT2D eigenvalue weighted by molar-refractivity contribution is 9.10. The van der Waals surface area contributed by atoms with Gasteiger partial charge in [0, 0.05) is 30.7 Å². The summed E-state index contributed by atoms with van der Waals surface area (Å²) in [6, 6.07) is 8.01. The van der Waals surface area contributed by atoms with Crippen molar-refractivity contribution in [3.63, 3.8) is 0 Å². The highest BCUT2D eigenvalue weighted by Gasteiger charge is 2.39. The van der Waals surface area contributed by atoms with E-state index in [2.05, 4.69) is 33.3 Å². The van der Waals surface area contributed by atoms with Crippen LogP contribution in [0.3, 0.4) is 0 Å². The van der Waals surface area contributed by atoms with Crippen LogP contribution in [0.2, 0.25) is 0 Å². The lowest BCUT2D eigenvalue weighted by Crippen LogP contribution is -2.32. The predicted octanol–water partition coefficient (Wildman–Crippen LogP) is 2.49. The molecule has 2 saturated heterocycles. The Morgan fingerprint density at radius 2 is 1.92 bits per heavy atom. The molecule has 0 unspecified atom stereocenters. The van der Waals surface area contributed by atoms with Crippen molar-refractivity contribution >= 4 is 21.8 Å². The SMILES string of the molecule is CCc1c(C(=O)N2C[C@H]3CNC[C@H]3C2)cnn1-c1ccc(Br)cc1. The zero-order valence-corrected chi connectivity index (χ0v) is 15.3. The summed E-state index contributed by atoms with van der Waals surface area (Å²) < 4.78 is 2.92. The smallest absolute Gasteiger partial charge is 0.257 e. The van der Waals surface area contributed by atoms with Crippen LogP contribution >= 0.6 is 15.9 Å². The second-order valence-corrected chi connectivity index (χ2v) is 7.55. The maximum Gasteiger partial charge on any atom is 0.257 e. The molecule has 5 nitrogen and oxygen atoms in total. The van der Waals surface area contributed by atoms with Crippen molar-refractivity contribution in [2.75, 3.05) is 26.2 Å². The lowest BCUT2D eigenvalue weighted by Gasteiger charge is -2.17. The van der Waals surface area contributed by atoms with Crippen molar-refractivity contribution in [1.29, 1.82) is 0 Å². The fourth-order valence-electron chi connectivity index (χ4n) is 3.89. The molecule has 1 N–H and O–H groups in total. The van der Waals surface area contributed by atoms with Gasteiger partial charge in [-0.25, -0.2) is 4.68 Å². The average Bonchev–Trinajstić information content (AvgIpc) is 3.28. The molecule has 0 radical (unpaired) electrons. The van der Waals surface area contributed by atoms with Crippen LogP contribution in [0.5, 0.6) is 0 Å². The summed E-state index contributed by atoms with van der Waals surface area (Å²) in [7, 11) is 0. The minimum Gasteiger partial charge on any atom is -0.338 e. The Morgan fingerprint density at radius 3 is 2.54 bits per heavy atom. The summed E-state index contributed by atoms with van der Waals surface area (Å²) in [5, 5.41) is 7.91. The highest BCUT2D eigenvalue weighted by atomic mass is 79.9. The van der Waals surface area contributed by atoms with Crippen LogP contribution in [0, 0.1) is 11.8 Å². The summed E-state index contributed by atoms with van der Waals surface area (Å²) in [6.45, 7) is 5.87. The normalized spacial score (nSPS) is 22.8. The number of carbonyl (C=O) groups excluding carboxylic acids is 1. The molecular weight excluding hydrogens is 368 g/mol. The molecule has 2 atom stereocenters. The summed E-state index contributed by atoms with van der Waals surface area (Å²) in [5.41, 5.74) is 2.71. The zero-order chi connectivity index (χ0) is 16.7. The van der Waals surface area contributed by atoms with Gasteiger partial charge in [0.2, 0.25) is 0 Å². The Kier molecular flexibility index (Phi) is 4.18. The van der Waals surface area contributed by atoms with Crippen LogP contribution in [0.1, 0.15) is 23.0 Å². The topological polar surface area (TPSA) is 50.2 Å². The molecule has 0 spiro atoms. The number of nitrogens with zero attached hydrogens (tertiary/aromatic N) is 3. The molecule has 2 aliphatic rings. The average molecular weight is 389 g/mol. The van der Waals surface area contributed by atoms with Gasteiger partial charge in [-0.15, -0.1) is 0 Å². The van der Waals surface area contributed by atoms with Crippen molar-refractivity contribution in [2.24, 2.45) is 11.8 Å². The monoisotopic (exact) mass is 388 g/mol. The number of likely N-dealkylation sites (tertiary alicyclic amines) is 1. The van der Waals surface area contributed by atoms with Gasteiger partial charge in [0.05, 0.1) is 23.1 Å². The Labute approximate surface area is 150 Å². The van der Waals surface area contributed by atoms with Gasteiger partial charge in [-0.1, -0.05) is 22.9 Å². The van der Waals surface area contributed by atoms with E-state index in [9.17, 15) is 4.79 Å². The lowest BCUT2D eigenvalue weighted by molar-refractivity contribution is 0.0780. The molecular formula is C18H21BrN4O. The first-order valence-electron chi connectivity index (χ1n) is 8.50. The minimum atomic E-state index is 0.129. The van der Waals surface area contributed by atoms with E-state index in [1.807, 2.05) is 33.8 Å². The van der Waals surface area contributed by atoms with Crippen molar-refractivity contribution in [3.05, 3.63) is 46.2 Å². The van der Waals surface area contributed by atoms with Crippen molar-refractivity contribution in [2.45, 2.75) is 13.3 Å². The summed E-state index contributed by atoms with van der Waals surface area (Å²) in [4.78, 5) is 15.0. The molecule has 24 heavy (non-hydrogen) atoms. The second-order valence-electron chi connectivity index (χ2n) is 6.64. The molecule has 0 saturated carbocycles. The van der Waals surface area contributed by atoms with Gasteiger partial charge in [-0.2, -0.15) is 5.10 Å². The molecule has 126 valence electrons. The van der Waals surface area contributed by atoms with Crippen molar-refractivity contribution < 1.29 is 4.79 Å². The fraction of sp³-hybridized carbons (Fsp3) is 0.444. The van der Waals surface area contributed by atoms with E-state index in [1.54, 1.807) is 6.20 Å². The lowest BCUT2D eigenvalue weighted by atomic mass is 10.0. The molecule has 0 bridgehead atoms. The van der Waals surface area contributed by atoms with Crippen LogP contribution in [-0.4, -0.2) is 46.8 Å². The third-order valence-corrected chi connectivity index (χ3v) is 5.71. The van der Waals surface area contributed by atoms with Gasteiger partial charge in [0.25, 0.3) is 5.91 Å². The third-order valence-electron chi connectivity index (χ3n) is 5.18. The number of amides is 1. The Morgan fingerprint density at radius 1 is 1.25 bits per heavy atom. The largest absolute Gasteiger partial charge is 0.338 e. The van der Waals surface area contributed by atoms with Gasteiger partial charge in [-0.3, -0.25) is 4.79 Å². The maximum absolute atomic E-state index is 13.0. The number of hydrogen-bond donors (Lipinski definition) is 1. The highest BCUT2D eigenvalue weighted by Crippen LogP contribution is 2.28. The predicted molar refractivity (Wildman–Crippen MR) is 96.4 cm³/mol. The quantitative estimate of drug-likeness (QED) is 0.878. The number of benzene rings is 1. The third kappa shape index (κ3) is 2.67. The standard InChI is InChI=1S/C18H21BrN4O/c1-2-17-16(9-21-23(17)15-5-3-14(19)4-6-15)18(24)22-10-12-7-20-8-13(12)11-22/h3-6,9,12-13,20H,2,7-8,10-11H2,1H3/t12-,13+. The Balaban J connectivity index is 1.62. The van der Waals surface area contributed by atoms with E-state index in [0.717, 1.165) is 54.0 Å². The summed E-state index contributed by atoms with van der Waals surface area (Å²) in [6.07, 6.45) is 2.51. The molecule has 6 heteroatoms. The Bertz CT molecular complexity index is 743. The van der Waals surface area contributed by atoms with Gasteiger partial charge >= 0.3 is 0 Å². The van der Waals surface area contributed by atoms with E-state index in [0.29, 0.717) is 11.8 Å². The van der Waals surface area contributed by atoms with E-state index < -0.39 is 0 Å². The second kappa shape index (κ2) is 6.33. The van der Waals surface area contributed by atoms with E-state index in [1.165, 1.54) is 0 Å². The van der Waals surface area contributed by atoms with E-state index in [-0.39, 0.29) is 5.91 Å². The number of hydrogen-bond acceptors (Lipinski definition) is 3. The van der Waals surface area contributed by atoms with E-state index in [4.69, 9.17) is 0 Å². The first kappa shape index (κ1) is 15.8. The number of halogens is 1.